The van der Waals surface area contributed by atoms with Gasteiger partial charge in [0.15, 0.2) is 4.67 Å². The molecule has 1 rings (SSSR count). The summed E-state index contributed by atoms with van der Waals surface area (Å²) in [7, 11) is -0.132. The second-order valence-electron chi connectivity index (χ2n) is 4.37. The van der Waals surface area contributed by atoms with Crippen LogP contribution in [0.2, 0.25) is 0 Å². The van der Waals surface area contributed by atoms with E-state index in [9.17, 15) is 8.42 Å². The Hall–Kier alpha value is -0.370. The maximum atomic E-state index is 12.5. The largest absolute Gasteiger partial charge is 0.452 e. The predicted octanol–water partition coefficient (Wildman–Crippen LogP) is 2.57. The quantitative estimate of drug-likeness (QED) is 0.818. The van der Waals surface area contributed by atoms with E-state index in [0.717, 1.165) is 12.8 Å². The monoisotopic (exact) mass is 352 g/mol. The molecule has 1 heterocycles. The maximum absolute atomic E-state index is 12.5. The van der Waals surface area contributed by atoms with Gasteiger partial charge in [0.25, 0.3) is 0 Å². The van der Waals surface area contributed by atoms with Gasteiger partial charge in [-0.2, -0.15) is 4.31 Å². The number of furan rings is 1. The summed E-state index contributed by atoms with van der Waals surface area (Å²) < 4.78 is 32.2. The van der Waals surface area contributed by atoms with Crippen molar-refractivity contribution >= 4 is 26.0 Å². The smallest absolute Gasteiger partial charge is 0.247 e. The van der Waals surface area contributed by atoms with Crippen molar-refractivity contribution in [2.75, 3.05) is 14.1 Å². The Morgan fingerprint density at radius 1 is 1.42 bits per heavy atom. The fraction of sp³-hybridized carbons (Fsp3) is 0.667. The first-order valence-corrected chi connectivity index (χ1v) is 8.52. The second-order valence-corrected chi connectivity index (χ2v) is 7.06. The third-order valence-corrected chi connectivity index (χ3v) is 5.94. The lowest BCUT2D eigenvalue weighted by Crippen LogP contribution is -2.36. The van der Waals surface area contributed by atoms with Gasteiger partial charge in [-0.15, -0.1) is 0 Å². The van der Waals surface area contributed by atoms with Crippen LogP contribution in [-0.2, 0) is 16.6 Å². The molecule has 5 nitrogen and oxygen atoms in total. The van der Waals surface area contributed by atoms with Crippen LogP contribution in [-0.4, -0.2) is 32.9 Å². The van der Waals surface area contributed by atoms with Crippen LogP contribution in [0.4, 0.5) is 0 Å². The highest BCUT2D eigenvalue weighted by Crippen LogP contribution is 2.29. The lowest BCUT2D eigenvalue weighted by Gasteiger charge is -2.24. The van der Waals surface area contributed by atoms with Crippen LogP contribution >= 0.6 is 15.9 Å². The van der Waals surface area contributed by atoms with Gasteiger partial charge in [0.2, 0.25) is 10.0 Å². The Morgan fingerprint density at radius 3 is 2.47 bits per heavy atom. The minimum absolute atomic E-state index is 0.000417. The summed E-state index contributed by atoms with van der Waals surface area (Å²) >= 11 is 3.18. The van der Waals surface area contributed by atoms with Crippen LogP contribution in [0.1, 0.15) is 32.4 Å². The first kappa shape index (κ1) is 16.7. The number of nitrogens with zero attached hydrogens (tertiary/aromatic N) is 1. The minimum atomic E-state index is -3.53. The number of halogens is 1. The molecule has 0 spiro atoms. The molecule has 0 saturated heterocycles. The third-order valence-electron chi connectivity index (χ3n) is 3.17. The van der Waals surface area contributed by atoms with Crippen LogP contribution in [0.15, 0.2) is 20.0 Å². The highest BCUT2D eigenvalue weighted by molar-refractivity contribution is 9.10. The van der Waals surface area contributed by atoms with Gasteiger partial charge in [-0.05, 0) is 35.8 Å². The summed E-state index contributed by atoms with van der Waals surface area (Å²) in [4.78, 5) is 0.187. The molecule has 0 aromatic carbocycles. The third kappa shape index (κ3) is 3.59. The molecule has 0 aliphatic carbocycles. The number of hydrogen-bond donors (Lipinski definition) is 1. The van der Waals surface area contributed by atoms with Crippen molar-refractivity contribution < 1.29 is 12.8 Å². The predicted molar refractivity (Wildman–Crippen MR) is 78.5 cm³/mol. The first-order chi connectivity index (χ1) is 8.88. The highest BCUT2D eigenvalue weighted by Gasteiger charge is 2.30. The summed E-state index contributed by atoms with van der Waals surface area (Å²) in [6, 6.07) is 1.56. The Balaban J connectivity index is 3.12. The number of rotatable bonds is 7. The van der Waals surface area contributed by atoms with Crippen molar-refractivity contribution in [1.29, 1.82) is 0 Å². The molecule has 7 heteroatoms. The van der Waals surface area contributed by atoms with Crippen molar-refractivity contribution in [3.05, 3.63) is 16.5 Å². The molecule has 1 N–H and O–H groups in total. The fourth-order valence-corrected chi connectivity index (χ4v) is 4.45. The Morgan fingerprint density at radius 2 is 2.00 bits per heavy atom. The van der Waals surface area contributed by atoms with Gasteiger partial charge >= 0.3 is 0 Å². The van der Waals surface area contributed by atoms with E-state index in [1.54, 1.807) is 20.2 Å². The molecular formula is C12H21BrN2O3S. The number of hydrogen-bond acceptors (Lipinski definition) is 4. The van der Waals surface area contributed by atoms with Crippen molar-refractivity contribution in [3.63, 3.8) is 0 Å². The molecule has 19 heavy (non-hydrogen) atoms. The maximum Gasteiger partial charge on any atom is 0.247 e. The van der Waals surface area contributed by atoms with Crippen LogP contribution in [0.3, 0.4) is 0 Å². The zero-order valence-electron chi connectivity index (χ0n) is 11.7. The molecule has 0 atom stereocenters. The van der Waals surface area contributed by atoms with E-state index in [4.69, 9.17) is 4.42 Å². The van der Waals surface area contributed by atoms with Crippen molar-refractivity contribution in [3.8, 4) is 0 Å². The number of sulfonamides is 1. The Kier molecular flexibility index (Phi) is 6.04. The lowest BCUT2D eigenvalue weighted by atomic mass is 10.2. The molecule has 0 fully saturated rings. The highest BCUT2D eigenvalue weighted by atomic mass is 79.9. The molecule has 0 unspecified atom stereocenters. The van der Waals surface area contributed by atoms with Crippen LogP contribution in [0.25, 0.3) is 0 Å². The molecule has 1 aromatic heterocycles. The van der Waals surface area contributed by atoms with Gasteiger partial charge in [0, 0.05) is 19.2 Å². The lowest BCUT2D eigenvalue weighted by molar-refractivity contribution is 0.349. The minimum Gasteiger partial charge on any atom is -0.452 e. The first-order valence-electron chi connectivity index (χ1n) is 6.29. The summed E-state index contributed by atoms with van der Waals surface area (Å²) in [5.41, 5.74) is 0. The molecule has 1 aromatic rings. The molecule has 0 bridgehead atoms. The van der Waals surface area contributed by atoms with Crippen molar-refractivity contribution in [2.24, 2.45) is 0 Å². The molecule has 0 radical (unpaired) electrons. The van der Waals surface area contributed by atoms with E-state index in [1.165, 1.54) is 4.31 Å². The second kappa shape index (κ2) is 6.88. The molecule has 110 valence electrons. The zero-order valence-corrected chi connectivity index (χ0v) is 14.1. The van der Waals surface area contributed by atoms with E-state index in [2.05, 4.69) is 21.2 Å². The summed E-state index contributed by atoms with van der Waals surface area (Å²) in [6.45, 7) is 4.46. The van der Waals surface area contributed by atoms with E-state index >= 15 is 0 Å². The fourth-order valence-electron chi connectivity index (χ4n) is 1.99. The summed E-state index contributed by atoms with van der Waals surface area (Å²) in [5, 5.41) is 2.93. The average Bonchev–Trinajstić information content (AvgIpc) is 2.73. The van der Waals surface area contributed by atoms with Gasteiger partial charge in [-0.3, -0.25) is 0 Å². The van der Waals surface area contributed by atoms with Gasteiger partial charge in [-0.25, -0.2) is 8.42 Å². The van der Waals surface area contributed by atoms with Gasteiger partial charge in [0.1, 0.15) is 10.7 Å². The molecule has 0 amide bonds. The van der Waals surface area contributed by atoms with Crippen LogP contribution < -0.4 is 5.32 Å². The molecule has 0 aliphatic heterocycles. The van der Waals surface area contributed by atoms with Gasteiger partial charge in [-0.1, -0.05) is 13.8 Å². The normalized spacial score (nSPS) is 12.6. The summed E-state index contributed by atoms with van der Waals surface area (Å²) in [6.07, 6.45) is 1.57. The molecule has 0 aliphatic rings. The van der Waals surface area contributed by atoms with E-state index in [1.807, 2.05) is 13.8 Å². The molecule has 0 saturated carbocycles. The zero-order chi connectivity index (χ0) is 14.6. The standard InChI is InChI=1S/C12H21BrN2O3S/c1-5-9(6-2)15(4)19(16,17)11-7-10(8-14-3)18-12(11)13/h7,9,14H,5-6,8H2,1-4H3. The summed E-state index contributed by atoms with van der Waals surface area (Å²) in [5.74, 6) is 0.589. The van der Waals surface area contributed by atoms with E-state index < -0.39 is 10.0 Å². The van der Waals surface area contributed by atoms with Crippen LogP contribution in [0, 0.1) is 0 Å². The number of nitrogens with one attached hydrogen (secondary N) is 1. The topological polar surface area (TPSA) is 62.6 Å². The molecular weight excluding hydrogens is 332 g/mol. The van der Waals surface area contributed by atoms with Gasteiger partial charge in [0.05, 0.1) is 6.54 Å². The van der Waals surface area contributed by atoms with Crippen molar-refractivity contribution in [1.82, 2.24) is 9.62 Å². The van der Waals surface area contributed by atoms with E-state index in [-0.39, 0.29) is 15.6 Å². The Bertz CT molecular complexity index is 509. The van der Waals surface area contributed by atoms with Crippen LogP contribution in [0.5, 0.6) is 0 Å². The Labute approximate surface area is 123 Å². The van der Waals surface area contributed by atoms with Gasteiger partial charge < -0.3 is 9.73 Å². The van der Waals surface area contributed by atoms with Crippen molar-refractivity contribution in [2.45, 2.75) is 44.2 Å². The average molecular weight is 353 g/mol. The van der Waals surface area contributed by atoms with E-state index in [0.29, 0.717) is 12.3 Å². The SMILES string of the molecule is CCC(CC)N(C)S(=O)(=O)c1cc(CNC)oc1Br.